The van der Waals surface area contributed by atoms with Crippen molar-refractivity contribution in [2.75, 3.05) is 43.4 Å². The standard InChI is InChI=1S/C24H22F2N8O/c1-32-7-9-33(10-8-32)18-11-16(13-27-14-18)21-15-34(31-30-21)22-12-17(5-6-19(22)25)28-24(35)20-3-2-4-23(26)29-20/h2-6,11-15H,7-10H2,1H3,(H,28,35). The highest BCUT2D eigenvalue weighted by molar-refractivity contribution is 6.02. The molecule has 178 valence electrons. The molecule has 1 amide bonds. The highest BCUT2D eigenvalue weighted by Crippen LogP contribution is 2.25. The second-order valence-electron chi connectivity index (χ2n) is 8.24. The average molecular weight is 476 g/mol. The van der Waals surface area contributed by atoms with E-state index in [0.29, 0.717) is 11.4 Å². The van der Waals surface area contributed by atoms with E-state index in [1.54, 1.807) is 12.4 Å². The largest absolute Gasteiger partial charge is 0.368 e. The number of benzene rings is 1. The van der Waals surface area contributed by atoms with Gasteiger partial charge < -0.3 is 15.1 Å². The first-order valence-electron chi connectivity index (χ1n) is 11.0. The third-order valence-corrected chi connectivity index (χ3v) is 5.78. The van der Waals surface area contributed by atoms with Gasteiger partial charge in [-0.1, -0.05) is 11.3 Å². The number of anilines is 2. The number of carbonyl (C=O) groups is 1. The van der Waals surface area contributed by atoms with E-state index in [1.165, 1.54) is 35.0 Å². The molecule has 0 radical (unpaired) electrons. The van der Waals surface area contributed by atoms with E-state index in [0.717, 1.165) is 43.5 Å². The number of amides is 1. The van der Waals surface area contributed by atoms with Crippen LogP contribution in [0.1, 0.15) is 10.5 Å². The minimum atomic E-state index is -0.765. The van der Waals surface area contributed by atoms with Gasteiger partial charge in [-0.3, -0.25) is 9.78 Å². The molecule has 1 aliphatic heterocycles. The minimum Gasteiger partial charge on any atom is -0.368 e. The number of halogens is 2. The van der Waals surface area contributed by atoms with Gasteiger partial charge in [-0.25, -0.2) is 14.1 Å². The average Bonchev–Trinajstić information content (AvgIpc) is 3.36. The van der Waals surface area contributed by atoms with Crippen molar-refractivity contribution in [3.05, 3.63) is 78.5 Å². The quantitative estimate of drug-likeness (QED) is 0.443. The van der Waals surface area contributed by atoms with Crippen molar-refractivity contribution in [2.24, 2.45) is 0 Å². The second kappa shape index (κ2) is 9.55. The van der Waals surface area contributed by atoms with Gasteiger partial charge in [0, 0.05) is 43.6 Å². The molecule has 1 saturated heterocycles. The van der Waals surface area contributed by atoms with E-state index in [9.17, 15) is 13.6 Å². The number of hydrogen-bond donors (Lipinski definition) is 1. The topological polar surface area (TPSA) is 92.1 Å². The summed E-state index contributed by atoms with van der Waals surface area (Å²) in [4.78, 5) is 24.8. The molecule has 11 heteroatoms. The van der Waals surface area contributed by atoms with E-state index in [1.807, 2.05) is 12.3 Å². The summed E-state index contributed by atoms with van der Waals surface area (Å²) < 4.78 is 29.3. The van der Waals surface area contributed by atoms with Gasteiger partial charge in [0.15, 0.2) is 0 Å². The lowest BCUT2D eigenvalue weighted by Gasteiger charge is -2.33. The highest BCUT2D eigenvalue weighted by atomic mass is 19.1. The summed E-state index contributed by atoms with van der Waals surface area (Å²) in [5.41, 5.74) is 2.59. The van der Waals surface area contributed by atoms with Crippen molar-refractivity contribution in [3.63, 3.8) is 0 Å². The molecule has 0 saturated carbocycles. The number of pyridine rings is 2. The predicted octanol–water partition coefficient (Wildman–Crippen LogP) is 3.01. The van der Waals surface area contributed by atoms with Crippen molar-refractivity contribution in [1.29, 1.82) is 0 Å². The summed E-state index contributed by atoms with van der Waals surface area (Å²) in [5.74, 6) is -1.93. The van der Waals surface area contributed by atoms with Crippen molar-refractivity contribution >= 4 is 17.3 Å². The van der Waals surface area contributed by atoms with Crippen molar-refractivity contribution in [3.8, 4) is 16.9 Å². The van der Waals surface area contributed by atoms with Crippen LogP contribution in [0.25, 0.3) is 16.9 Å². The fourth-order valence-corrected chi connectivity index (χ4v) is 3.82. The lowest BCUT2D eigenvalue weighted by Crippen LogP contribution is -2.44. The van der Waals surface area contributed by atoms with Crippen LogP contribution in [0.15, 0.2) is 61.1 Å². The minimum absolute atomic E-state index is 0.0911. The van der Waals surface area contributed by atoms with Crippen LogP contribution in [0.4, 0.5) is 20.2 Å². The van der Waals surface area contributed by atoms with Crippen LogP contribution in [0.3, 0.4) is 0 Å². The van der Waals surface area contributed by atoms with Gasteiger partial charge in [0.25, 0.3) is 5.91 Å². The van der Waals surface area contributed by atoms with E-state index in [4.69, 9.17) is 0 Å². The number of nitrogens with zero attached hydrogens (tertiary/aromatic N) is 7. The summed E-state index contributed by atoms with van der Waals surface area (Å²) >= 11 is 0. The Morgan fingerprint density at radius 1 is 1.03 bits per heavy atom. The molecular weight excluding hydrogens is 454 g/mol. The number of rotatable bonds is 5. The van der Waals surface area contributed by atoms with E-state index in [2.05, 4.69) is 42.4 Å². The van der Waals surface area contributed by atoms with Gasteiger partial charge in [0.2, 0.25) is 5.95 Å². The van der Waals surface area contributed by atoms with Gasteiger partial charge in [0.05, 0.1) is 18.1 Å². The Balaban J connectivity index is 1.37. The molecule has 0 aliphatic carbocycles. The summed E-state index contributed by atoms with van der Waals surface area (Å²) in [7, 11) is 2.10. The molecule has 0 bridgehead atoms. The lowest BCUT2D eigenvalue weighted by molar-refractivity contribution is 0.102. The molecule has 3 aromatic heterocycles. The summed E-state index contributed by atoms with van der Waals surface area (Å²) in [6, 6.07) is 9.94. The Morgan fingerprint density at radius 2 is 1.86 bits per heavy atom. The third-order valence-electron chi connectivity index (χ3n) is 5.78. The molecule has 1 fully saturated rings. The van der Waals surface area contributed by atoms with Gasteiger partial charge in [-0.2, -0.15) is 4.39 Å². The maximum absolute atomic E-state index is 14.6. The molecular formula is C24H22F2N8O. The summed E-state index contributed by atoms with van der Waals surface area (Å²) in [6.07, 6.45) is 5.11. The molecule has 4 heterocycles. The zero-order valence-corrected chi connectivity index (χ0v) is 18.9. The monoisotopic (exact) mass is 476 g/mol. The number of nitrogens with one attached hydrogen (secondary N) is 1. The molecule has 4 aromatic rings. The number of hydrogen-bond acceptors (Lipinski definition) is 7. The molecule has 5 rings (SSSR count). The maximum atomic E-state index is 14.6. The SMILES string of the molecule is CN1CCN(c2cncc(-c3cn(-c4cc(NC(=O)c5cccc(F)n5)ccc4F)nn3)c2)CC1. The third kappa shape index (κ3) is 4.99. The molecule has 0 atom stereocenters. The van der Waals surface area contributed by atoms with Crippen molar-refractivity contribution in [2.45, 2.75) is 0 Å². The molecule has 35 heavy (non-hydrogen) atoms. The van der Waals surface area contributed by atoms with E-state index >= 15 is 0 Å². The smallest absolute Gasteiger partial charge is 0.274 e. The first-order valence-corrected chi connectivity index (χ1v) is 11.0. The Bertz CT molecular complexity index is 1370. The predicted molar refractivity (Wildman–Crippen MR) is 126 cm³/mol. The molecule has 1 aliphatic rings. The molecule has 0 spiro atoms. The van der Waals surface area contributed by atoms with Crippen LogP contribution in [-0.2, 0) is 0 Å². The summed E-state index contributed by atoms with van der Waals surface area (Å²) in [5, 5.41) is 10.9. The lowest BCUT2D eigenvalue weighted by atomic mass is 10.2. The van der Waals surface area contributed by atoms with Crippen LogP contribution >= 0.6 is 0 Å². The van der Waals surface area contributed by atoms with Crippen LogP contribution in [0.5, 0.6) is 0 Å². The fourth-order valence-electron chi connectivity index (χ4n) is 3.82. The van der Waals surface area contributed by atoms with Crippen molar-refractivity contribution < 1.29 is 13.6 Å². The molecule has 0 unspecified atom stereocenters. The number of aromatic nitrogens is 5. The normalized spacial score (nSPS) is 14.2. The van der Waals surface area contributed by atoms with Gasteiger partial charge in [-0.15, -0.1) is 5.10 Å². The molecule has 1 N–H and O–H groups in total. The first kappa shape index (κ1) is 22.5. The number of piperazine rings is 1. The van der Waals surface area contributed by atoms with Crippen LogP contribution < -0.4 is 10.2 Å². The Hall–Kier alpha value is -4.25. The Labute approximate surface area is 200 Å². The molecule has 9 nitrogen and oxygen atoms in total. The fraction of sp³-hybridized carbons (Fsp3) is 0.208. The van der Waals surface area contributed by atoms with Crippen LogP contribution in [0.2, 0.25) is 0 Å². The van der Waals surface area contributed by atoms with Crippen molar-refractivity contribution in [1.82, 2.24) is 29.9 Å². The van der Waals surface area contributed by atoms with E-state index < -0.39 is 17.7 Å². The maximum Gasteiger partial charge on any atom is 0.274 e. The molecule has 1 aromatic carbocycles. The second-order valence-corrected chi connectivity index (χ2v) is 8.24. The van der Waals surface area contributed by atoms with Crippen LogP contribution in [0, 0.1) is 11.8 Å². The number of carbonyl (C=O) groups excluding carboxylic acids is 1. The summed E-state index contributed by atoms with van der Waals surface area (Å²) in [6.45, 7) is 3.76. The zero-order valence-electron chi connectivity index (χ0n) is 18.9. The van der Waals surface area contributed by atoms with Crippen LogP contribution in [-0.4, -0.2) is 69.0 Å². The van der Waals surface area contributed by atoms with Gasteiger partial charge in [0.1, 0.15) is 22.9 Å². The number of likely N-dealkylation sites (N-methyl/N-ethyl adjacent to an activating group) is 1. The Morgan fingerprint density at radius 3 is 2.66 bits per heavy atom. The zero-order chi connectivity index (χ0) is 24.4. The highest BCUT2D eigenvalue weighted by Gasteiger charge is 2.17. The first-order chi connectivity index (χ1) is 17.0. The van der Waals surface area contributed by atoms with Gasteiger partial charge >= 0.3 is 0 Å². The Kier molecular flexibility index (Phi) is 6.15. The van der Waals surface area contributed by atoms with E-state index in [-0.39, 0.29) is 11.4 Å². The van der Waals surface area contributed by atoms with Gasteiger partial charge in [-0.05, 0) is 43.4 Å².